The number of hydrogen-bond donors (Lipinski definition) is 2. The zero-order valence-electron chi connectivity index (χ0n) is 18.1. The molecule has 0 bridgehead atoms. The molecule has 4 rings (SSSR count). The second-order valence-electron chi connectivity index (χ2n) is 7.25. The number of halogens is 1. The van der Waals surface area contributed by atoms with Gasteiger partial charge in [-0.15, -0.1) is 0 Å². The van der Waals surface area contributed by atoms with Crippen LogP contribution in [-0.2, 0) is 9.59 Å². The van der Waals surface area contributed by atoms with Crippen molar-refractivity contribution in [3.63, 3.8) is 0 Å². The van der Waals surface area contributed by atoms with Crippen LogP contribution in [0.4, 0.5) is 16.2 Å². The Bertz CT molecular complexity index is 1380. The SMILES string of the molecule is COc1ccccc1NC(=O)CN1C(=O)N/C(=C/c2ccc(-c3ccc([N+](=O)[O-])cc3Cl)o2)C1=O. The number of imide groups is 1. The predicted molar refractivity (Wildman–Crippen MR) is 126 cm³/mol. The quantitative estimate of drug-likeness (QED) is 0.217. The van der Waals surface area contributed by atoms with Crippen molar-refractivity contribution in [3.05, 3.63) is 81.2 Å². The number of ether oxygens (including phenoxy) is 1. The number of anilines is 1. The van der Waals surface area contributed by atoms with Crippen molar-refractivity contribution in [3.8, 4) is 17.1 Å². The van der Waals surface area contributed by atoms with Gasteiger partial charge < -0.3 is 19.8 Å². The van der Waals surface area contributed by atoms with Crippen molar-refractivity contribution >= 4 is 46.9 Å². The van der Waals surface area contributed by atoms with E-state index in [9.17, 15) is 24.5 Å². The van der Waals surface area contributed by atoms with Crippen LogP contribution in [0.5, 0.6) is 5.75 Å². The Labute approximate surface area is 203 Å². The number of para-hydroxylation sites is 2. The van der Waals surface area contributed by atoms with Gasteiger partial charge in [0.15, 0.2) is 0 Å². The van der Waals surface area contributed by atoms with Crippen LogP contribution in [0, 0.1) is 10.1 Å². The summed E-state index contributed by atoms with van der Waals surface area (Å²) in [6.45, 7) is -0.512. The standard InChI is InChI=1S/C23H17ClN4O7/c1-34-20-5-3-2-4-17(20)25-21(29)12-27-22(30)18(26-23(27)31)11-14-7-9-19(35-14)15-8-6-13(28(32)33)10-16(15)24/h2-11H,12H2,1H3,(H,25,29)(H,26,31)/b18-11+. The molecule has 12 heteroatoms. The molecule has 11 nitrogen and oxygen atoms in total. The van der Waals surface area contributed by atoms with E-state index < -0.39 is 29.3 Å². The lowest BCUT2D eigenvalue weighted by atomic mass is 10.1. The highest BCUT2D eigenvalue weighted by Gasteiger charge is 2.35. The van der Waals surface area contributed by atoms with Gasteiger partial charge in [0.25, 0.3) is 11.6 Å². The molecular formula is C23H17ClN4O7. The smallest absolute Gasteiger partial charge is 0.329 e. The Balaban J connectivity index is 1.47. The molecule has 2 N–H and O–H groups in total. The third-order valence-corrected chi connectivity index (χ3v) is 5.30. The molecule has 0 aliphatic carbocycles. The third kappa shape index (κ3) is 4.99. The van der Waals surface area contributed by atoms with Crippen molar-refractivity contribution in [1.82, 2.24) is 10.2 Å². The first kappa shape index (κ1) is 23.5. The molecule has 2 aromatic carbocycles. The van der Waals surface area contributed by atoms with Crippen LogP contribution in [0.3, 0.4) is 0 Å². The molecule has 4 amide bonds. The van der Waals surface area contributed by atoms with Crippen LogP contribution in [0.1, 0.15) is 5.76 Å². The fraction of sp³-hybridized carbons (Fsp3) is 0.0870. The summed E-state index contributed by atoms with van der Waals surface area (Å²) in [5, 5.41) is 16.0. The number of urea groups is 1. The topological polar surface area (TPSA) is 144 Å². The molecule has 0 radical (unpaired) electrons. The maximum absolute atomic E-state index is 12.7. The highest BCUT2D eigenvalue weighted by molar-refractivity contribution is 6.33. The largest absolute Gasteiger partial charge is 0.495 e. The van der Waals surface area contributed by atoms with Crippen LogP contribution in [-0.4, -0.2) is 41.3 Å². The average molecular weight is 497 g/mol. The fourth-order valence-electron chi connectivity index (χ4n) is 3.33. The highest BCUT2D eigenvalue weighted by Crippen LogP contribution is 2.33. The second-order valence-corrected chi connectivity index (χ2v) is 7.66. The average Bonchev–Trinajstić information content (AvgIpc) is 3.39. The van der Waals surface area contributed by atoms with Crippen LogP contribution >= 0.6 is 11.6 Å². The van der Waals surface area contributed by atoms with Gasteiger partial charge in [0.05, 0.1) is 22.7 Å². The normalized spacial score (nSPS) is 14.2. The predicted octanol–water partition coefficient (Wildman–Crippen LogP) is 4.05. The molecule has 2 heterocycles. The number of hydrogen-bond acceptors (Lipinski definition) is 7. The Hall–Kier alpha value is -4.64. The van der Waals surface area contributed by atoms with Crippen LogP contribution in [0.25, 0.3) is 17.4 Å². The molecule has 0 saturated carbocycles. The summed E-state index contributed by atoms with van der Waals surface area (Å²) in [6, 6.07) is 13.0. The lowest BCUT2D eigenvalue weighted by Gasteiger charge is -2.13. The lowest BCUT2D eigenvalue weighted by Crippen LogP contribution is -2.38. The Morgan fingerprint density at radius 3 is 2.71 bits per heavy atom. The molecule has 1 aliphatic heterocycles. The summed E-state index contributed by atoms with van der Waals surface area (Å²) in [4.78, 5) is 48.5. The van der Waals surface area contributed by atoms with Crippen molar-refractivity contribution in [2.45, 2.75) is 0 Å². The van der Waals surface area contributed by atoms with E-state index in [2.05, 4.69) is 10.6 Å². The van der Waals surface area contributed by atoms with E-state index in [1.165, 1.54) is 37.5 Å². The van der Waals surface area contributed by atoms with Gasteiger partial charge >= 0.3 is 6.03 Å². The Morgan fingerprint density at radius 2 is 2.00 bits per heavy atom. The molecule has 3 aromatic rings. The molecule has 1 fully saturated rings. The van der Waals surface area contributed by atoms with E-state index in [-0.39, 0.29) is 22.2 Å². The van der Waals surface area contributed by atoms with Gasteiger partial charge in [-0.3, -0.25) is 19.7 Å². The van der Waals surface area contributed by atoms with Crippen molar-refractivity contribution in [1.29, 1.82) is 0 Å². The number of methoxy groups -OCH3 is 1. The second kappa shape index (κ2) is 9.69. The molecule has 0 unspecified atom stereocenters. The molecule has 1 aromatic heterocycles. The number of nitrogens with zero attached hydrogens (tertiary/aromatic N) is 2. The Kier molecular flexibility index (Phi) is 6.51. The molecule has 35 heavy (non-hydrogen) atoms. The van der Waals surface area contributed by atoms with Gasteiger partial charge in [0, 0.05) is 23.8 Å². The van der Waals surface area contributed by atoms with Gasteiger partial charge in [0.1, 0.15) is 29.5 Å². The van der Waals surface area contributed by atoms with Crippen molar-refractivity contribution < 1.29 is 28.5 Å². The molecular weight excluding hydrogens is 480 g/mol. The molecule has 0 spiro atoms. The van der Waals surface area contributed by atoms with Crippen LogP contribution in [0.2, 0.25) is 5.02 Å². The number of nitrogens with one attached hydrogen (secondary N) is 2. The Morgan fingerprint density at radius 1 is 1.23 bits per heavy atom. The molecule has 0 atom stereocenters. The first-order valence-corrected chi connectivity index (χ1v) is 10.5. The van der Waals surface area contributed by atoms with Crippen molar-refractivity contribution in [2.75, 3.05) is 19.0 Å². The minimum atomic E-state index is -0.762. The fourth-order valence-corrected chi connectivity index (χ4v) is 3.60. The molecule has 1 aliphatic rings. The van der Waals surface area contributed by atoms with Gasteiger partial charge in [-0.05, 0) is 30.3 Å². The van der Waals surface area contributed by atoms with E-state index in [4.69, 9.17) is 20.8 Å². The summed E-state index contributed by atoms with van der Waals surface area (Å²) < 4.78 is 10.8. The summed E-state index contributed by atoms with van der Waals surface area (Å²) in [5.74, 6) is -0.343. The number of non-ortho nitro benzene ring substituents is 1. The summed E-state index contributed by atoms with van der Waals surface area (Å²) in [6.07, 6.45) is 1.31. The summed E-state index contributed by atoms with van der Waals surface area (Å²) in [7, 11) is 1.45. The van der Waals surface area contributed by atoms with E-state index in [0.29, 0.717) is 22.8 Å². The van der Waals surface area contributed by atoms with Crippen molar-refractivity contribution in [2.24, 2.45) is 0 Å². The third-order valence-electron chi connectivity index (χ3n) is 4.99. The zero-order valence-corrected chi connectivity index (χ0v) is 18.9. The minimum absolute atomic E-state index is 0.0872. The maximum atomic E-state index is 12.7. The zero-order chi connectivity index (χ0) is 25.1. The number of nitro groups is 1. The number of carbonyl (C=O) groups excluding carboxylic acids is 3. The maximum Gasteiger partial charge on any atom is 0.329 e. The first-order chi connectivity index (χ1) is 16.8. The van der Waals surface area contributed by atoms with Gasteiger partial charge in [0.2, 0.25) is 5.91 Å². The number of amides is 4. The van der Waals surface area contributed by atoms with Gasteiger partial charge in [-0.1, -0.05) is 23.7 Å². The van der Waals surface area contributed by atoms with Crippen LogP contribution < -0.4 is 15.4 Å². The van der Waals surface area contributed by atoms with E-state index in [1.54, 1.807) is 30.3 Å². The monoisotopic (exact) mass is 496 g/mol. The van der Waals surface area contributed by atoms with Crippen LogP contribution in [0.15, 0.2) is 64.7 Å². The number of furan rings is 1. The number of rotatable bonds is 7. The minimum Gasteiger partial charge on any atom is -0.495 e. The number of carbonyl (C=O) groups is 3. The van der Waals surface area contributed by atoms with E-state index in [1.807, 2.05) is 0 Å². The number of benzene rings is 2. The van der Waals surface area contributed by atoms with Gasteiger partial charge in [-0.2, -0.15) is 0 Å². The summed E-state index contributed by atoms with van der Waals surface area (Å²) >= 11 is 6.13. The van der Waals surface area contributed by atoms with E-state index >= 15 is 0 Å². The highest BCUT2D eigenvalue weighted by atomic mass is 35.5. The molecule has 1 saturated heterocycles. The van der Waals surface area contributed by atoms with Gasteiger partial charge in [-0.25, -0.2) is 9.69 Å². The van der Waals surface area contributed by atoms with E-state index in [0.717, 1.165) is 4.90 Å². The lowest BCUT2D eigenvalue weighted by molar-refractivity contribution is -0.384. The number of nitro benzene ring substituents is 1. The first-order valence-electron chi connectivity index (χ1n) is 10.1. The summed E-state index contributed by atoms with van der Waals surface area (Å²) in [5.41, 5.74) is 0.562. The molecule has 178 valence electrons.